The number of carbonyl (C=O) groups excluding carboxylic acids is 2. The predicted octanol–water partition coefficient (Wildman–Crippen LogP) is 1.97. The van der Waals surface area contributed by atoms with Gasteiger partial charge in [0.25, 0.3) is 5.91 Å². The highest BCUT2D eigenvalue weighted by molar-refractivity contribution is 7.80. The van der Waals surface area contributed by atoms with E-state index in [4.69, 9.17) is 17.3 Å². The van der Waals surface area contributed by atoms with Crippen LogP contribution >= 0.6 is 24.2 Å². The number of nitrogens with two attached hydrogens (primary N) is 1. The van der Waals surface area contributed by atoms with Gasteiger partial charge < -0.3 is 10.6 Å². The minimum absolute atomic E-state index is 0.174. The summed E-state index contributed by atoms with van der Waals surface area (Å²) in [6.45, 7) is 0.983. The van der Waals surface area contributed by atoms with Gasteiger partial charge in [0.05, 0.1) is 16.5 Å². The molecular formula is C13H15ClN2O2S. The third kappa shape index (κ3) is 3.22. The Kier molecular flexibility index (Phi) is 4.37. The summed E-state index contributed by atoms with van der Waals surface area (Å²) in [7, 11) is 0. The van der Waals surface area contributed by atoms with Crippen LogP contribution in [-0.2, 0) is 4.79 Å². The molecule has 0 aromatic heterocycles. The van der Waals surface area contributed by atoms with Crippen molar-refractivity contribution < 1.29 is 9.59 Å². The molecule has 0 spiro atoms. The quantitative estimate of drug-likeness (QED) is 0.820. The zero-order chi connectivity index (χ0) is 14.0. The molecule has 1 saturated heterocycles. The van der Waals surface area contributed by atoms with E-state index in [2.05, 4.69) is 12.6 Å². The Labute approximate surface area is 122 Å². The van der Waals surface area contributed by atoms with Crippen molar-refractivity contribution in [3.63, 3.8) is 0 Å². The summed E-state index contributed by atoms with van der Waals surface area (Å²) in [5.41, 5.74) is 5.72. The van der Waals surface area contributed by atoms with Gasteiger partial charge in [-0.2, -0.15) is 0 Å². The Morgan fingerprint density at radius 1 is 1.42 bits per heavy atom. The molecule has 102 valence electrons. The summed E-state index contributed by atoms with van der Waals surface area (Å²) < 4.78 is 0. The number of carbonyl (C=O) groups is 2. The van der Waals surface area contributed by atoms with Crippen molar-refractivity contribution in [2.75, 3.05) is 13.1 Å². The highest BCUT2D eigenvalue weighted by Gasteiger charge is 2.28. The smallest absolute Gasteiger partial charge is 0.255 e. The number of piperidine rings is 1. The largest absolute Gasteiger partial charge is 0.369 e. The molecule has 6 heteroatoms. The number of hydrogen-bond donors (Lipinski definition) is 2. The number of primary amides is 1. The second-order valence-corrected chi connectivity index (χ2v) is 5.58. The van der Waals surface area contributed by atoms with Crippen molar-refractivity contribution in [2.45, 2.75) is 17.7 Å². The number of rotatable bonds is 2. The van der Waals surface area contributed by atoms with Gasteiger partial charge in [0.1, 0.15) is 0 Å². The van der Waals surface area contributed by atoms with Crippen LogP contribution < -0.4 is 5.73 Å². The molecule has 0 aliphatic carbocycles. The summed E-state index contributed by atoms with van der Waals surface area (Å²) in [5.74, 6) is -0.797. The van der Waals surface area contributed by atoms with Crippen LogP contribution in [0.15, 0.2) is 23.1 Å². The Hall–Kier alpha value is -1.20. The van der Waals surface area contributed by atoms with E-state index in [9.17, 15) is 9.59 Å². The van der Waals surface area contributed by atoms with Crippen LogP contribution in [0.4, 0.5) is 0 Å². The molecule has 1 aliphatic heterocycles. The van der Waals surface area contributed by atoms with Gasteiger partial charge in [0.15, 0.2) is 0 Å². The number of halogens is 1. The molecule has 1 atom stereocenters. The molecule has 0 radical (unpaired) electrons. The van der Waals surface area contributed by atoms with Crippen molar-refractivity contribution in [2.24, 2.45) is 11.7 Å². The summed E-state index contributed by atoms with van der Waals surface area (Å²) in [6.07, 6.45) is 1.51. The number of hydrogen-bond acceptors (Lipinski definition) is 3. The predicted molar refractivity (Wildman–Crippen MR) is 76.5 cm³/mol. The molecule has 0 bridgehead atoms. The van der Waals surface area contributed by atoms with Crippen molar-refractivity contribution in [1.29, 1.82) is 0 Å². The van der Waals surface area contributed by atoms with E-state index in [-0.39, 0.29) is 17.7 Å². The molecule has 1 aliphatic rings. The molecule has 2 rings (SSSR count). The summed E-state index contributed by atoms with van der Waals surface area (Å²) in [6, 6.07) is 5.01. The van der Waals surface area contributed by atoms with Gasteiger partial charge in [0, 0.05) is 18.0 Å². The third-order valence-corrected chi connectivity index (χ3v) is 3.90. The zero-order valence-electron chi connectivity index (χ0n) is 10.3. The molecule has 4 nitrogen and oxygen atoms in total. The van der Waals surface area contributed by atoms with Crippen LogP contribution in [0.5, 0.6) is 0 Å². The van der Waals surface area contributed by atoms with E-state index in [1.54, 1.807) is 23.1 Å². The first-order valence-corrected chi connectivity index (χ1v) is 6.88. The monoisotopic (exact) mass is 298 g/mol. The maximum atomic E-state index is 12.4. The normalized spacial score (nSPS) is 19.3. The Balaban J connectivity index is 2.19. The average Bonchev–Trinajstić information content (AvgIpc) is 2.41. The van der Waals surface area contributed by atoms with E-state index in [1.165, 1.54) is 0 Å². The number of likely N-dealkylation sites (tertiary alicyclic amines) is 1. The van der Waals surface area contributed by atoms with E-state index in [0.29, 0.717) is 28.6 Å². The second kappa shape index (κ2) is 5.84. The highest BCUT2D eigenvalue weighted by Crippen LogP contribution is 2.24. The molecule has 0 saturated carbocycles. The molecule has 2 amide bonds. The van der Waals surface area contributed by atoms with Gasteiger partial charge in [0.2, 0.25) is 5.91 Å². The summed E-state index contributed by atoms with van der Waals surface area (Å²) in [4.78, 5) is 25.9. The van der Waals surface area contributed by atoms with Gasteiger partial charge in [-0.15, -0.1) is 12.6 Å². The number of benzene rings is 1. The number of thiol groups is 1. The topological polar surface area (TPSA) is 63.4 Å². The standard InChI is InChI=1S/C13H15ClN2O2S/c14-11-4-3-9(19)6-10(11)13(18)16-5-1-2-8(7-16)12(15)17/h3-4,6,8,19H,1-2,5,7H2,(H2,15,17). The van der Waals surface area contributed by atoms with Crippen LogP contribution in [0, 0.1) is 5.92 Å². The Morgan fingerprint density at radius 2 is 2.16 bits per heavy atom. The summed E-state index contributed by atoms with van der Waals surface area (Å²) >= 11 is 10.2. The van der Waals surface area contributed by atoms with Gasteiger partial charge in [-0.3, -0.25) is 9.59 Å². The van der Waals surface area contributed by atoms with Gasteiger partial charge in [-0.05, 0) is 31.0 Å². The van der Waals surface area contributed by atoms with E-state index >= 15 is 0 Å². The first kappa shape index (κ1) is 14.2. The lowest BCUT2D eigenvalue weighted by atomic mass is 9.97. The Bertz CT molecular complexity index is 521. The van der Waals surface area contributed by atoms with Crippen molar-refractivity contribution >= 4 is 36.0 Å². The maximum Gasteiger partial charge on any atom is 0.255 e. The first-order valence-electron chi connectivity index (χ1n) is 6.06. The fourth-order valence-corrected chi connectivity index (χ4v) is 2.64. The first-order chi connectivity index (χ1) is 8.99. The van der Waals surface area contributed by atoms with Crippen LogP contribution in [0.2, 0.25) is 5.02 Å². The zero-order valence-corrected chi connectivity index (χ0v) is 12.0. The fraction of sp³-hybridized carbons (Fsp3) is 0.385. The lowest BCUT2D eigenvalue weighted by Crippen LogP contribution is -2.44. The minimum atomic E-state index is -0.355. The maximum absolute atomic E-state index is 12.4. The molecule has 1 unspecified atom stereocenters. The minimum Gasteiger partial charge on any atom is -0.369 e. The van der Waals surface area contributed by atoms with Crippen LogP contribution in [0.25, 0.3) is 0 Å². The SMILES string of the molecule is NC(=O)C1CCCN(C(=O)c2cc(S)ccc2Cl)C1. The number of nitrogens with zero attached hydrogens (tertiary/aromatic N) is 1. The molecule has 1 aromatic carbocycles. The van der Waals surface area contributed by atoms with E-state index < -0.39 is 0 Å². The van der Waals surface area contributed by atoms with E-state index in [1.807, 2.05) is 0 Å². The van der Waals surface area contributed by atoms with Crippen LogP contribution in [-0.4, -0.2) is 29.8 Å². The van der Waals surface area contributed by atoms with Crippen molar-refractivity contribution in [3.05, 3.63) is 28.8 Å². The van der Waals surface area contributed by atoms with Gasteiger partial charge >= 0.3 is 0 Å². The molecule has 19 heavy (non-hydrogen) atoms. The van der Waals surface area contributed by atoms with E-state index in [0.717, 1.165) is 12.8 Å². The molecule has 1 fully saturated rings. The summed E-state index contributed by atoms with van der Waals surface area (Å²) in [5, 5.41) is 0.393. The van der Waals surface area contributed by atoms with Crippen LogP contribution in [0.3, 0.4) is 0 Å². The molecule has 1 heterocycles. The fourth-order valence-electron chi connectivity index (χ4n) is 2.24. The highest BCUT2D eigenvalue weighted by atomic mass is 35.5. The van der Waals surface area contributed by atoms with Crippen LogP contribution in [0.1, 0.15) is 23.2 Å². The average molecular weight is 299 g/mol. The van der Waals surface area contributed by atoms with Gasteiger partial charge in [-0.1, -0.05) is 11.6 Å². The lowest BCUT2D eigenvalue weighted by molar-refractivity contribution is -0.123. The molecule has 1 aromatic rings. The Morgan fingerprint density at radius 3 is 2.84 bits per heavy atom. The van der Waals surface area contributed by atoms with Crippen molar-refractivity contribution in [3.8, 4) is 0 Å². The van der Waals surface area contributed by atoms with Gasteiger partial charge in [-0.25, -0.2) is 0 Å². The third-order valence-electron chi connectivity index (χ3n) is 3.29. The molecule has 2 N–H and O–H groups in total. The molecular weight excluding hydrogens is 284 g/mol. The second-order valence-electron chi connectivity index (χ2n) is 4.66. The lowest BCUT2D eigenvalue weighted by Gasteiger charge is -2.31. The van der Waals surface area contributed by atoms with Crippen molar-refractivity contribution in [1.82, 2.24) is 4.90 Å². The number of amides is 2.